The summed E-state index contributed by atoms with van der Waals surface area (Å²) >= 11 is 0. The Labute approximate surface area is 128 Å². The lowest BCUT2D eigenvalue weighted by atomic mass is 9.99. The highest BCUT2D eigenvalue weighted by molar-refractivity contribution is 5.98. The highest BCUT2D eigenvalue weighted by Crippen LogP contribution is 2.29. The van der Waals surface area contributed by atoms with Crippen molar-refractivity contribution < 1.29 is 17.6 Å². The minimum absolute atomic E-state index is 0.0206. The zero-order valence-corrected chi connectivity index (χ0v) is 15.1. The standard InChI is InChI=1S/C16H25F3OSi/c1-15(2,20-21)11-6-4-3-5-8-13-9-7-10-14(12-13)16(17,18)19/h7,9-10,12H,3-6,8,11H2,1-2,21H3. The number of hydrogen-bond donors (Lipinski definition) is 0. The molecule has 0 N–H and O–H groups in total. The fraction of sp³-hybridized carbons (Fsp3) is 0.625. The van der Waals surface area contributed by atoms with Crippen molar-refractivity contribution >= 4 is 10.5 Å². The van der Waals surface area contributed by atoms with Crippen molar-refractivity contribution in [3.05, 3.63) is 35.4 Å². The number of benzene rings is 1. The third-order valence-electron chi connectivity index (χ3n) is 3.80. The summed E-state index contributed by atoms with van der Waals surface area (Å²) in [5, 5.41) is 0. The molecular weight excluding hydrogens is 293 g/mol. The fourth-order valence-corrected chi connectivity index (χ4v) is 2.44. The molecule has 0 saturated heterocycles. The summed E-state index contributed by atoms with van der Waals surface area (Å²) in [5.41, 5.74) is 0.201. The number of hydrogen-bond acceptors (Lipinski definition) is 1. The molecule has 0 amide bonds. The number of halogens is 3. The molecule has 120 valence electrons. The Kier molecular flexibility index (Phi) is 6.94. The highest BCUT2D eigenvalue weighted by atomic mass is 28.2. The van der Waals surface area contributed by atoms with E-state index in [1.165, 1.54) is 12.1 Å². The van der Waals surface area contributed by atoms with Crippen LogP contribution in [0.4, 0.5) is 13.2 Å². The maximum absolute atomic E-state index is 12.6. The Morgan fingerprint density at radius 2 is 1.71 bits per heavy atom. The average molecular weight is 318 g/mol. The fourth-order valence-electron chi connectivity index (χ4n) is 2.24. The third kappa shape index (κ3) is 7.13. The van der Waals surface area contributed by atoms with Crippen molar-refractivity contribution in [1.82, 2.24) is 0 Å². The number of alkyl halides is 3. The predicted octanol–water partition coefficient (Wildman–Crippen LogP) is 4.27. The first kappa shape index (κ1) is 18.2. The molecule has 1 rings (SSSR count). The normalized spacial score (nSPS) is 12.8. The molecule has 0 heterocycles. The quantitative estimate of drug-likeness (QED) is 0.514. The topological polar surface area (TPSA) is 9.23 Å². The Morgan fingerprint density at radius 3 is 2.33 bits per heavy atom. The van der Waals surface area contributed by atoms with E-state index in [0.717, 1.165) is 54.2 Å². The van der Waals surface area contributed by atoms with Gasteiger partial charge in [0.1, 0.15) is 10.5 Å². The van der Waals surface area contributed by atoms with E-state index in [2.05, 4.69) is 13.8 Å². The van der Waals surface area contributed by atoms with Crippen molar-refractivity contribution in [3.8, 4) is 0 Å². The van der Waals surface area contributed by atoms with Gasteiger partial charge in [-0.05, 0) is 44.7 Å². The summed E-state index contributed by atoms with van der Waals surface area (Å²) in [4.78, 5) is 0. The van der Waals surface area contributed by atoms with Gasteiger partial charge in [-0.1, -0.05) is 37.5 Å². The Balaban J connectivity index is 2.28. The average Bonchev–Trinajstić information content (AvgIpc) is 2.42. The van der Waals surface area contributed by atoms with E-state index in [4.69, 9.17) is 4.43 Å². The van der Waals surface area contributed by atoms with E-state index >= 15 is 0 Å². The van der Waals surface area contributed by atoms with E-state index in [-0.39, 0.29) is 5.60 Å². The molecule has 0 bridgehead atoms. The maximum atomic E-state index is 12.6. The molecule has 0 unspecified atom stereocenters. The lowest BCUT2D eigenvalue weighted by Crippen LogP contribution is -2.22. The van der Waals surface area contributed by atoms with Gasteiger partial charge in [0.15, 0.2) is 0 Å². The van der Waals surface area contributed by atoms with Crippen LogP contribution in [0, 0.1) is 0 Å². The van der Waals surface area contributed by atoms with Gasteiger partial charge >= 0.3 is 6.18 Å². The van der Waals surface area contributed by atoms with Crippen molar-refractivity contribution in [2.75, 3.05) is 0 Å². The molecule has 21 heavy (non-hydrogen) atoms. The van der Waals surface area contributed by atoms with E-state index in [1.54, 1.807) is 6.07 Å². The molecule has 0 saturated carbocycles. The van der Waals surface area contributed by atoms with Crippen LogP contribution in [0.5, 0.6) is 0 Å². The molecular formula is C16H25F3OSi. The van der Waals surface area contributed by atoms with Crippen LogP contribution in [0.25, 0.3) is 0 Å². The van der Waals surface area contributed by atoms with Crippen molar-refractivity contribution in [2.24, 2.45) is 0 Å². The van der Waals surface area contributed by atoms with Gasteiger partial charge in [-0.2, -0.15) is 13.2 Å². The van der Waals surface area contributed by atoms with E-state index < -0.39 is 11.7 Å². The van der Waals surface area contributed by atoms with Gasteiger partial charge in [0.25, 0.3) is 0 Å². The zero-order chi connectivity index (χ0) is 15.9. The van der Waals surface area contributed by atoms with Crippen LogP contribution in [0.1, 0.15) is 57.1 Å². The largest absolute Gasteiger partial charge is 0.423 e. The minimum atomic E-state index is -4.24. The van der Waals surface area contributed by atoms with Crippen LogP contribution in [0.15, 0.2) is 24.3 Å². The van der Waals surface area contributed by atoms with Gasteiger partial charge in [0.05, 0.1) is 5.56 Å². The maximum Gasteiger partial charge on any atom is 0.416 e. The summed E-state index contributed by atoms with van der Waals surface area (Å²) in [6, 6.07) is 5.65. The second-order valence-electron chi connectivity index (χ2n) is 6.08. The number of aryl methyl sites for hydroxylation is 1. The first-order valence-electron chi connectivity index (χ1n) is 7.46. The summed E-state index contributed by atoms with van der Waals surface area (Å²) in [5.74, 6) is 0. The highest BCUT2D eigenvalue weighted by Gasteiger charge is 2.30. The second-order valence-corrected chi connectivity index (χ2v) is 6.48. The lowest BCUT2D eigenvalue weighted by molar-refractivity contribution is -0.137. The van der Waals surface area contributed by atoms with Gasteiger partial charge < -0.3 is 4.43 Å². The second kappa shape index (κ2) is 7.99. The molecule has 5 heteroatoms. The summed E-state index contributed by atoms with van der Waals surface area (Å²) in [6.07, 6.45) is 1.71. The van der Waals surface area contributed by atoms with Crippen LogP contribution >= 0.6 is 0 Å². The van der Waals surface area contributed by atoms with Crippen LogP contribution < -0.4 is 0 Å². The monoisotopic (exact) mass is 318 g/mol. The predicted molar refractivity (Wildman–Crippen MR) is 83.3 cm³/mol. The van der Waals surface area contributed by atoms with Gasteiger partial charge in [-0.25, -0.2) is 0 Å². The molecule has 0 atom stereocenters. The molecule has 0 aliphatic carbocycles. The molecule has 0 radical (unpaired) electrons. The van der Waals surface area contributed by atoms with Crippen LogP contribution in [-0.2, 0) is 17.0 Å². The van der Waals surface area contributed by atoms with Gasteiger partial charge in [0, 0.05) is 5.60 Å². The van der Waals surface area contributed by atoms with Crippen LogP contribution in [-0.4, -0.2) is 16.1 Å². The van der Waals surface area contributed by atoms with Gasteiger partial charge in [-0.15, -0.1) is 0 Å². The first-order valence-corrected chi connectivity index (χ1v) is 8.27. The molecule has 0 spiro atoms. The number of rotatable bonds is 8. The summed E-state index contributed by atoms with van der Waals surface area (Å²) in [7, 11) is 0.754. The Hall–Kier alpha value is -0.813. The molecule has 0 fully saturated rings. The van der Waals surface area contributed by atoms with Crippen molar-refractivity contribution in [1.29, 1.82) is 0 Å². The van der Waals surface area contributed by atoms with E-state index in [1.807, 2.05) is 0 Å². The molecule has 1 aromatic rings. The Morgan fingerprint density at radius 1 is 1.05 bits per heavy atom. The summed E-state index contributed by atoms with van der Waals surface area (Å²) < 4.78 is 43.3. The van der Waals surface area contributed by atoms with Crippen molar-refractivity contribution in [2.45, 2.75) is 64.1 Å². The molecule has 1 aromatic carbocycles. The first-order chi connectivity index (χ1) is 9.74. The van der Waals surface area contributed by atoms with Gasteiger partial charge in [0.2, 0.25) is 0 Å². The zero-order valence-electron chi connectivity index (χ0n) is 13.1. The third-order valence-corrected chi connectivity index (χ3v) is 4.91. The summed E-state index contributed by atoms with van der Waals surface area (Å²) in [6.45, 7) is 4.20. The minimum Gasteiger partial charge on any atom is -0.423 e. The smallest absolute Gasteiger partial charge is 0.416 e. The van der Waals surface area contributed by atoms with Crippen LogP contribution in [0.3, 0.4) is 0 Å². The molecule has 0 aromatic heterocycles. The van der Waals surface area contributed by atoms with Gasteiger partial charge in [-0.3, -0.25) is 0 Å². The van der Waals surface area contributed by atoms with Crippen LogP contribution in [0.2, 0.25) is 0 Å². The number of unbranched alkanes of at least 4 members (excludes halogenated alkanes) is 3. The molecule has 0 aliphatic heterocycles. The molecule has 0 aliphatic rings. The van der Waals surface area contributed by atoms with E-state index in [9.17, 15) is 13.2 Å². The van der Waals surface area contributed by atoms with E-state index in [0.29, 0.717) is 6.42 Å². The lowest BCUT2D eigenvalue weighted by Gasteiger charge is -2.23. The van der Waals surface area contributed by atoms with Crippen molar-refractivity contribution in [3.63, 3.8) is 0 Å². The Bertz CT molecular complexity index is 430. The SMILES string of the molecule is CC(C)(CCCCCCc1cccc(C(F)(F)F)c1)O[SiH3]. The molecule has 1 nitrogen and oxygen atoms in total.